The van der Waals surface area contributed by atoms with Gasteiger partial charge in [0.1, 0.15) is 11.6 Å². The largest absolute Gasteiger partial charge is 0.497 e. The number of nitrogens with zero attached hydrogens (tertiary/aromatic N) is 1. The van der Waals surface area contributed by atoms with Gasteiger partial charge in [-0.3, -0.25) is 9.79 Å². The number of methoxy groups -OCH3 is 1. The van der Waals surface area contributed by atoms with Gasteiger partial charge in [-0.1, -0.05) is 6.07 Å². The summed E-state index contributed by atoms with van der Waals surface area (Å²) in [6, 6.07) is 11.5. The van der Waals surface area contributed by atoms with E-state index in [4.69, 9.17) is 4.74 Å². The fourth-order valence-corrected chi connectivity index (χ4v) is 3.79. The molecule has 0 spiro atoms. The topological polar surface area (TPSA) is 50.7 Å². The van der Waals surface area contributed by atoms with E-state index in [2.05, 4.69) is 10.3 Å². The SMILES string of the molecule is COc1ccc2sc3cc(C4=NCCN4)ccc3c(=O)c2c1. The molecule has 0 unspecified atom stereocenters. The first-order valence-corrected chi connectivity index (χ1v) is 7.91. The molecule has 22 heavy (non-hydrogen) atoms. The molecular formula is C17H14N2O2S. The first-order valence-electron chi connectivity index (χ1n) is 7.09. The summed E-state index contributed by atoms with van der Waals surface area (Å²) in [6.45, 7) is 1.68. The highest BCUT2D eigenvalue weighted by Crippen LogP contribution is 2.28. The van der Waals surface area contributed by atoms with Gasteiger partial charge in [-0.15, -0.1) is 11.3 Å². The van der Waals surface area contributed by atoms with Gasteiger partial charge in [-0.05, 0) is 30.3 Å². The van der Waals surface area contributed by atoms with E-state index in [0.29, 0.717) is 11.1 Å². The van der Waals surface area contributed by atoms with E-state index in [9.17, 15) is 4.79 Å². The Morgan fingerprint density at radius 1 is 1.14 bits per heavy atom. The van der Waals surface area contributed by atoms with Crippen molar-refractivity contribution in [2.24, 2.45) is 4.99 Å². The van der Waals surface area contributed by atoms with Gasteiger partial charge in [0.05, 0.1) is 13.7 Å². The summed E-state index contributed by atoms with van der Waals surface area (Å²) < 4.78 is 7.17. The lowest BCUT2D eigenvalue weighted by molar-refractivity contribution is 0.415. The molecule has 0 fully saturated rings. The Labute approximate surface area is 131 Å². The average molecular weight is 310 g/mol. The molecule has 110 valence electrons. The van der Waals surface area contributed by atoms with Crippen molar-refractivity contribution >= 4 is 37.3 Å². The fraction of sp³-hybridized carbons (Fsp3) is 0.176. The van der Waals surface area contributed by atoms with Gasteiger partial charge in [-0.25, -0.2) is 0 Å². The molecule has 2 aromatic carbocycles. The van der Waals surface area contributed by atoms with Crippen molar-refractivity contribution in [2.75, 3.05) is 20.2 Å². The van der Waals surface area contributed by atoms with Gasteiger partial charge in [0.2, 0.25) is 0 Å². The summed E-state index contributed by atoms with van der Waals surface area (Å²) in [6.07, 6.45) is 0. The number of fused-ring (bicyclic) bond motifs is 2. The molecule has 3 aromatic rings. The minimum atomic E-state index is 0.0514. The van der Waals surface area contributed by atoms with E-state index in [1.807, 2.05) is 36.4 Å². The molecule has 4 rings (SSSR count). The van der Waals surface area contributed by atoms with Crippen molar-refractivity contribution in [3.8, 4) is 5.75 Å². The number of amidine groups is 1. The minimum absolute atomic E-state index is 0.0514. The molecule has 0 radical (unpaired) electrons. The smallest absolute Gasteiger partial charge is 0.196 e. The van der Waals surface area contributed by atoms with Crippen LogP contribution in [-0.4, -0.2) is 26.0 Å². The predicted molar refractivity (Wildman–Crippen MR) is 91.6 cm³/mol. The van der Waals surface area contributed by atoms with Crippen LogP contribution in [0.3, 0.4) is 0 Å². The lowest BCUT2D eigenvalue weighted by Crippen LogP contribution is -2.19. The second-order valence-corrected chi connectivity index (χ2v) is 6.25. The molecule has 1 aromatic heterocycles. The van der Waals surface area contributed by atoms with Gasteiger partial charge in [-0.2, -0.15) is 0 Å². The number of benzene rings is 2. The summed E-state index contributed by atoms with van der Waals surface area (Å²) in [5, 5.41) is 4.72. The standard InChI is InChI=1S/C17H14N2O2S/c1-21-11-3-5-14-13(9-11)16(20)12-4-2-10(8-15(12)22-14)17-18-6-7-19-17/h2-5,8-9H,6-7H2,1H3,(H,18,19). The van der Waals surface area contributed by atoms with Gasteiger partial charge in [0.25, 0.3) is 0 Å². The van der Waals surface area contributed by atoms with E-state index < -0.39 is 0 Å². The highest BCUT2D eigenvalue weighted by molar-refractivity contribution is 7.24. The molecule has 5 heteroatoms. The van der Waals surface area contributed by atoms with Crippen LogP contribution in [0.1, 0.15) is 5.56 Å². The zero-order chi connectivity index (χ0) is 15.1. The number of nitrogens with one attached hydrogen (secondary N) is 1. The highest BCUT2D eigenvalue weighted by atomic mass is 32.1. The number of hydrogen-bond acceptors (Lipinski definition) is 5. The molecule has 0 bridgehead atoms. The fourth-order valence-electron chi connectivity index (χ4n) is 2.70. The lowest BCUT2D eigenvalue weighted by Gasteiger charge is -2.06. The average Bonchev–Trinajstić information content (AvgIpc) is 3.09. The molecule has 4 nitrogen and oxygen atoms in total. The van der Waals surface area contributed by atoms with Crippen molar-refractivity contribution < 1.29 is 4.74 Å². The lowest BCUT2D eigenvalue weighted by atomic mass is 10.1. The maximum atomic E-state index is 12.7. The van der Waals surface area contributed by atoms with Crippen LogP contribution in [0.25, 0.3) is 20.2 Å². The van der Waals surface area contributed by atoms with E-state index in [0.717, 1.165) is 39.3 Å². The summed E-state index contributed by atoms with van der Waals surface area (Å²) >= 11 is 1.62. The van der Waals surface area contributed by atoms with Crippen molar-refractivity contribution in [3.05, 3.63) is 52.2 Å². The van der Waals surface area contributed by atoms with E-state index >= 15 is 0 Å². The monoisotopic (exact) mass is 310 g/mol. The quantitative estimate of drug-likeness (QED) is 0.741. The van der Waals surface area contributed by atoms with Crippen LogP contribution in [0.5, 0.6) is 5.75 Å². The number of aliphatic imine (C=N–C) groups is 1. The van der Waals surface area contributed by atoms with Crippen LogP contribution in [0.2, 0.25) is 0 Å². The molecule has 0 aliphatic carbocycles. The van der Waals surface area contributed by atoms with Crippen molar-refractivity contribution in [1.29, 1.82) is 0 Å². The molecule has 0 amide bonds. The summed E-state index contributed by atoms with van der Waals surface area (Å²) in [7, 11) is 1.61. The van der Waals surface area contributed by atoms with Crippen molar-refractivity contribution in [2.45, 2.75) is 0 Å². The molecule has 1 N–H and O–H groups in total. The molecule has 0 saturated heterocycles. The van der Waals surface area contributed by atoms with Gasteiger partial charge < -0.3 is 10.1 Å². The minimum Gasteiger partial charge on any atom is -0.497 e. The Bertz CT molecular complexity index is 975. The molecule has 1 aliphatic rings. The molecule has 2 heterocycles. The number of rotatable bonds is 2. The summed E-state index contributed by atoms with van der Waals surface area (Å²) in [5.74, 6) is 1.62. The predicted octanol–water partition coefficient (Wildman–Crippen LogP) is 2.77. The second kappa shape index (κ2) is 5.10. The van der Waals surface area contributed by atoms with Crippen molar-refractivity contribution in [3.63, 3.8) is 0 Å². The molecule has 1 aliphatic heterocycles. The van der Waals surface area contributed by atoms with Gasteiger partial charge in [0, 0.05) is 32.3 Å². The second-order valence-electron chi connectivity index (χ2n) is 5.16. The Morgan fingerprint density at radius 3 is 2.82 bits per heavy atom. The number of ether oxygens (including phenoxy) is 1. The first-order chi connectivity index (χ1) is 10.8. The zero-order valence-corrected chi connectivity index (χ0v) is 12.9. The van der Waals surface area contributed by atoms with Crippen molar-refractivity contribution in [1.82, 2.24) is 5.32 Å². The van der Waals surface area contributed by atoms with E-state index in [1.54, 1.807) is 18.4 Å². The number of hydrogen-bond donors (Lipinski definition) is 1. The van der Waals surface area contributed by atoms with Crippen LogP contribution < -0.4 is 15.5 Å². The van der Waals surface area contributed by atoms with Crippen LogP contribution in [0.15, 0.2) is 46.2 Å². The maximum Gasteiger partial charge on any atom is 0.196 e. The molecule has 0 atom stereocenters. The van der Waals surface area contributed by atoms with E-state index in [-0.39, 0.29) is 5.43 Å². The van der Waals surface area contributed by atoms with Crippen LogP contribution in [0, 0.1) is 0 Å². The van der Waals surface area contributed by atoms with Crippen LogP contribution >= 0.6 is 11.3 Å². The normalized spacial score (nSPS) is 14.1. The van der Waals surface area contributed by atoms with Crippen LogP contribution in [-0.2, 0) is 0 Å². The van der Waals surface area contributed by atoms with Crippen LogP contribution in [0.4, 0.5) is 0 Å². The Hall–Kier alpha value is -2.40. The molecule has 0 saturated carbocycles. The third kappa shape index (κ3) is 2.05. The third-order valence-corrected chi connectivity index (χ3v) is 4.96. The first kappa shape index (κ1) is 13.3. The van der Waals surface area contributed by atoms with Gasteiger partial charge in [0.15, 0.2) is 5.43 Å². The Kier molecular flexibility index (Phi) is 3.08. The highest BCUT2D eigenvalue weighted by Gasteiger charge is 2.11. The van der Waals surface area contributed by atoms with Gasteiger partial charge >= 0.3 is 0 Å². The van der Waals surface area contributed by atoms with E-state index in [1.165, 1.54) is 0 Å². The summed E-state index contributed by atoms with van der Waals surface area (Å²) in [5.41, 5.74) is 1.09. The third-order valence-electron chi connectivity index (χ3n) is 3.83. The Balaban J connectivity index is 1.98. The molecular weight excluding hydrogens is 296 g/mol. The summed E-state index contributed by atoms with van der Waals surface area (Å²) in [4.78, 5) is 17.1. The zero-order valence-electron chi connectivity index (χ0n) is 12.1. The maximum absolute atomic E-state index is 12.7. The Morgan fingerprint density at radius 2 is 2.05 bits per heavy atom.